The Bertz CT molecular complexity index is 1060. The zero-order valence-corrected chi connectivity index (χ0v) is 16.4. The van der Waals surface area contributed by atoms with Gasteiger partial charge in [-0.25, -0.2) is 9.37 Å². The summed E-state index contributed by atoms with van der Waals surface area (Å²) < 4.78 is 20.8. The standard InChI is InChI=1S/C20H23FN6O2/c1-10(22)11(2)26-15-8-12(29-3)7-14-17(15)18(21)16(9-25-14)27-20-13(19(23)28)5-4-6-24-20/h4-11,26H,22H2,1-3H3,(H2,23,28)(H,24,27)/t10-,11+/m0/s1. The van der Waals surface area contributed by atoms with E-state index in [0.29, 0.717) is 17.0 Å². The number of hydrogen-bond donors (Lipinski definition) is 4. The number of nitrogens with zero attached hydrogens (tertiary/aromatic N) is 2. The molecule has 0 unspecified atom stereocenters. The first-order valence-corrected chi connectivity index (χ1v) is 9.02. The number of methoxy groups -OCH3 is 1. The van der Waals surface area contributed by atoms with Crippen molar-refractivity contribution in [1.82, 2.24) is 9.97 Å². The highest BCUT2D eigenvalue weighted by Gasteiger charge is 2.18. The molecule has 0 aliphatic heterocycles. The smallest absolute Gasteiger partial charge is 0.252 e. The van der Waals surface area contributed by atoms with Gasteiger partial charge in [-0.05, 0) is 26.0 Å². The van der Waals surface area contributed by atoms with Crippen molar-refractivity contribution in [2.45, 2.75) is 25.9 Å². The molecule has 0 aliphatic rings. The average molecular weight is 398 g/mol. The number of benzene rings is 1. The van der Waals surface area contributed by atoms with Crippen LogP contribution < -0.4 is 26.8 Å². The molecule has 0 saturated heterocycles. The summed E-state index contributed by atoms with van der Waals surface area (Å²) in [4.78, 5) is 20.0. The van der Waals surface area contributed by atoms with E-state index < -0.39 is 11.7 Å². The first kappa shape index (κ1) is 20.3. The van der Waals surface area contributed by atoms with Gasteiger partial charge in [-0.3, -0.25) is 9.78 Å². The lowest BCUT2D eigenvalue weighted by Crippen LogP contribution is -2.35. The topological polar surface area (TPSA) is 128 Å². The summed E-state index contributed by atoms with van der Waals surface area (Å²) in [5.74, 6) is -0.553. The molecular formula is C20H23FN6O2. The van der Waals surface area contributed by atoms with E-state index in [0.717, 1.165) is 0 Å². The van der Waals surface area contributed by atoms with Gasteiger partial charge in [-0.1, -0.05) is 0 Å². The fraction of sp³-hybridized carbons (Fsp3) is 0.250. The Kier molecular flexibility index (Phi) is 5.79. The summed E-state index contributed by atoms with van der Waals surface area (Å²) in [5.41, 5.74) is 12.4. The van der Waals surface area contributed by atoms with Gasteiger partial charge in [0.2, 0.25) is 0 Å². The molecule has 0 bridgehead atoms. The van der Waals surface area contributed by atoms with Gasteiger partial charge in [0.25, 0.3) is 5.91 Å². The molecule has 2 heterocycles. The maximum Gasteiger partial charge on any atom is 0.252 e. The molecule has 0 saturated carbocycles. The van der Waals surface area contributed by atoms with E-state index in [-0.39, 0.29) is 34.5 Å². The first-order chi connectivity index (χ1) is 13.8. The fourth-order valence-electron chi connectivity index (χ4n) is 2.79. The minimum absolute atomic E-state index is 0.0559. The summed E-state index contributed by atoms with van der Waals surface area (Å²) >= 11 is 0. The number of halogens is 1. The van der Waals surface area contributed by atoms with Crippen LogP contribution in [-0.2, 0) is 0 Å². The third-order valence-electron chi connectivity index (χ3n) is 4.61. The number of aromatic nitrogens is 2. The molecule has 0 fully saturated rings. The SMILES string of the molecule is COc1cc(N[C@H](C)[C@H](C)N)c2c(F)c(Nc3ncccc3C(N)=O)cnc2c1. The molecule has 9 heteroatoms. The lowest BCUT2D eigenvalue weighted by atomic mass is 10.1. The van der Waals surface area contributed by atoms with E-state index in [1.54, 1.807) is 18.2 Å². The maximum atomic E-state index is 15.5. The zero-order chi connectivity index (χ0) is 21.1. The molecule has 0 aliphatic carbocycles. The number of pyridine rings is 2. The highest BCUT2D eigenvalue weighted by atomic mass is 19.1. The number of fused-ring (bicyclic) bond motifs is 1. The van der Waals surface area contributed by atoms with Gasteiger partial charge >= 0.3 is 0 Å². The van der Waals surface area contributed by atoms with Crippen LogP contribution in [0.25, 0.3) is 10.9 Å². The van der Waals surface area contributed by atoms with Crippen LogP contribution in [0.1, 0.15) is 24.2 Å². The van der Waals surface area contributed by atoms with Gasteiger partial charge < -0.3 is 26.8 Å². The first-order valence-electron chi connectivity index (χ1n) is 9.02. The van der Waals surface area contributed by atoms with Crippen LogP contribution in [0.4, 0.5) is 21.6 Å². The molecule has 1 aromatic carbocycles. The highest BCUT2D eigenvalue weighted by Crippen LogP contribution is 2.34. The van der Waals surface area contributed by atoms with Crippen LogP contribution in [0, 0.1) is 5.82 Å². The number of rotatable bonds is 7. The normalized spacial score (nSPS) is 13.0. The molecule has 1 amide bonds. The van der Waals surface area contributed by atoms with Crippen molar-refractivity contribution in [2.24, 2.45) is 11.5 Å². The van der Waals surface area contributed by atoms with Gasteiger partial charge in [-0.2, -0.15) is 0 Å². The van der Waals surface area contributed by atoms with E-state index in [1.165, 1.54) is 25.6 Å². The molecule has 2 aromatic heterocycles. The maximum absolute atomic E-state index is 15.5. The van der Waals surface area contributed by atoms with Gasteiger partial charge in [0, 0.05) is 30.4 Å². The number of hydrogen-bond acceptors (Lipinski definition) is 7. The molecule has 3 rings (SSSR count). The van der Waals surface area contributed by atoms with Gasteiger partial charge in [0.15, 0.2) is 5.82 Å². The quantitative estimate of drug-likeness (QED) is 0.482. The number of carbonyl (C=O) groups is 1. The average Bonchev–Trinajstić information content (AvgIpc) is 2.69. The van der Waals surface area contributed by atoms with Crippen molar-refractivity contribution in [3.8, 4) is 5.75 Å². The minimum Gasteiger partial charge on any atom is -0.497 e. The van der Waals surface area contributed by atoms with E-state index in [9.17, 15) is 4.79 Å². The molecular weight excluding hydrogens is 375 g/mol. The van der Waals surface area contributed by atoms with Crippen molar-refractivity contribution in [3.05, 3.63) is 48.0 Å². The second-order valence-electron chi connectivity index (χ2n) is 6.74. The molecule has 8 nitrogen and oxygen atoms in total. The van der Waals surface area contributed by atoms with E-state index in [4.69, 9.17) is 16.2 Å². The molecule has 2 atom stereocenters. The second kappa shape index (κ2) is 8.27. The van der Waals surface area contributed by atoms with Crippen molar-refractivity contribution < 1.29 is 13.9 Å². The number of amides is 1. The Labute approximate surface area is 167 Å². The van der Waals surface area contributed by atoms with Crippen molar-refractivity contribution >= 4 is 34.0 Å². The number of anilines is 3. The summed E-state index contributed by atoms with van der Waals surface area (Å²) in [6.45, 7) is 3.75. The van der Waals surface area contributed by atoms with Crippen LogP contribution in [0.3, 0.4) is 0 Å². The third kappa shape index (κ3) is 4.19. The van der Waals surface area contributed by atoms with Crippen LogP contribution in [0.15, 0.2) is 36.7 Å². The highest BCUT2D eigenvalue weighted by molar-refractivity contribution is 5.99. The zero-order valence-electron chi connectivity index (χ0n) is 16.4. The van der Waals surface area contributed by atoms with E-state index in [1.807, 2.05) is 13.8 Å². The Morgan fingerprint density at radius 1 is 1.24 bits per heavy atom. The number of nitrogens with two attached hydrogens (primary N) is 2. The largest absolute Gasteiger partial charge is 0.497 e. The van der Waals surface area contributed by atoms with Gasteiger partial charge in [0.1, 0.15) is 11.6 Å². The monoisotopic (exact) mass is 398 g/mol. The second-order valence-corrected chi connectivity index (χ2v) is 6.74. The van der Waals surface area contributed by atoms with Crippen LogP contribution in [0.2, 0.25) is 0 Å². The van der Waals surface area contributed by atoms with Gasteiger partial charge in [-0.15, -0.1) is 0 Å². The summed E-state index contributed by atoms with van der Waals surface area (Å²) in [6.07, 6.45) is 2.80. The molecule has 6 N–H and O–H groups in total. The fourth-order valence-corrected chi connectivity index (χ4v) is 2.79. The molecule has 0 spiro atoms. The Hall–Kier alpha value is -3.46. The minimum atomic E-state index is -0.674. The molecule has 152 valence electrons. The third-order valence-corrected chi connectivity index (χ3v) is 4.61. The molecule has 0 radical (unpaired) electrons. The number of nitrogens with one attached hydrogen (secondary N) is 2. The van der Waals surface area contributed by atoms with Crippen LogP contribution >= 0.6 is 0 Å². The summed E-state index contributed by atoms with van der Waals surface area (Å²) in [6, 6.07) is 6.11. The predicted octanol–water partition coefficient (Wildman–Crippen LogP) is 2.77. The number of carbonyl (C=O) groups excluding carboxylic acids is 1. The van der Waals surface area contributed by atoms with E-state index in [2.05, 4.69) is 20.6 Å². The Morgan fingerprint density at radius 3 is 2.66 bits per heavy atom. The van der Waals surface area contributed by atoms with Crippen molar-refractivity contribution in [2.75, 3.05) is 17.7 Å². The van der Waals surface area contributed by atoms with Crippen molar-refractivity contribution in [3.63, 3.8) is 0 Å². The number of primary amides is 1. The molecule has 3 aromatic rings. The summed E-state index contributed by atoms with van der Waals surface area (Å²) in [5, 5.41) is 6.29. The van der Waals surface area contributed by atoms with E-state index >= 15 is 4.39 Å². The lowest BCUT2D eigenvalue weighted by molar-refractivity contribution is 0.100. The Balaban J connectivity index is 2.12. The van der Waals surface area contributed by atoms with Crippen LogP contribution in [0.5, 0.6) is 5.75 Å². The Morgan fingerprint density at radius 2 is 2.00 bits per heavy atom. The summed E-state index contributed by atoms with van der Waals surface area (Å²) in [7, 11) is 1.53. The van der Waals surface area contributed by atoms with Crippen molar-refractivity contribution in [1.29, 1.82) is 0 Å². The molecule has 29 heavy (non-hydrogen) atoms. The predicted molar refractivity (Wildman–Crippen MR) is 111 cm³/mol. The van der Waals surface area contributed by atoms with Gasteiger partial charge in [0.05, 0.1) is 41.1 Å². The number of ether oxygens (including phenoxy) is 1. The lowest BCUT2D eigenvalue weighted by Gasteiger charge is -2.21. The van der Waals surface area contributed by atoms with Crippen LogP contribution in [-0.4, -0.2) is 35.1 Å².